The molecule has 2 fully saturated rings. The third-order valence-corrected chi connectivity index (χ3v) is 8.93. The molecule has 4 unspecified atom stereocenters. The summed E-state index contributed by atoms with van der Waals surface area (Å²) < 4.78 is 45.3. The lowest BCUT2D eigenvalue weighted by Crippen LogP contribution is -2.55. The van der Waals surface area contributed by atoms with Crippen LogP contribution in [0.15, 0.2) is 24.3 Å². The van der Waals surface area contributed by atoms with Gasteiger partial charge in [0.25, 0.3) is 0 Å². The number of rotatable bonds is 7. The number of alkyl halides is 3. The maximum absolute atomic E-state index is 13.1. The molecule has 1 saturated heterocycles. The van der Waals surface area contributed by atoms with E-state index in [9.17, 15) is 18.0 Å². The average molecular weight is 470 g/mol. The van der Waals surface area contributed by atoms with E-state index in [4.69, 9.17) is 4.74 Å². The second-order valence-electron chi connectivity index (χ2n) is 10.7. The molecule has 3 rings (SSSR count). The first-order valence-electron chi connectivity index (χ1n) is 12.1. The van der Waals surface area contributed by atoms with Crippen molar-refractivity contribution < 1.29 is 22.7 Å². The van der Waals surface area contributed by atoms with E-state index in [1.165, 1.54) is 18.2 Å². The fourth-order valence-corrected chi connectivity index (χ4v) is 6.69. The van der Waals surface area contributed by atoms with Gasteiger partial charge in [-0.2, -0.15) is 13.2 Å². The van der Waals surface area contributed by atoms with Gasteiger partial charge in [0.1, 0.15) is 6.10 Å². The van der Waals surface area contributed by atoms with Crippen LogP contribution in [0, 0.1) is 5.92 Å². The van der Waals surface area contributed by atoms with Crippen molar-refractivity contribution in [2.24, 2.45) is 5.92 Å². The fourth-order valence-electron chi connectivity index (χ4n) is 5.47. The summed E-state index contributed by atoms with van der Waals surface area (Å²) in [6.07, 6.45) is 2.03. The van der Waals surface area contributed by atoms with E-state index in [0.717, 1.165) is 44.2 Å². The van der Waals surface area contributed by atoms with Gasteiger partial charge in [0.05, 0.1) is 5.56 Å². The molecule has 1 aliphatic heterocycles. The molecule has 7 heteroatoms. The molecule has 0 amide bonds. The summed E-state index contributed by atoms with van der Waals surface area (Å²) in [5.74, 6) is 0.134. The van der Waals surface area contributed by atoms with Crippen LogP contribution in [-0.4, -0.2) is 37.6 Å². The Morgan fingerprint density at radius 1 is 1.12 bits per heavy atom. The lowest BCUT2D eigenvalue weighted by atomic mass is 9.73. The Labute approximate surface area is 191 Å². The van der Waals surface area contributed by atoms with E-state index in [2.05, 4.69) is 24.5 Å². The van der Waals surface area contributed by atoms with Crippen molar-refractivity contribution in [1.29, 1.82) is 0 Å². The maximum Gasteiger partial charge on any atom is 0.416 e. The van der Waals surface area contributed by atoms with E-state index in [1.54, 1.807) is 19.1 Å². The number of halogens is 3. The standard InChI is InChI=1S/C25H38F3NO2Si/c1-5-24(30)31-23-17-22(18-11-13-19(14-12-18)25(26,27)28)29(15-8-16-32(2,3)4)21-10-7-6-9-20(21)23/h11-14,20-23H,5-10,15-17H2,1-4H3. The number of piperidine rings is 1. The number of likely N-dealkylation sites (tertiary alicyclic amines) is 1. The highest BCUT2D eigenvalue weighted by Crippen LogP contribution is 2.45. The summed E-state index contributed by atoms with van der Waals surface area (Å²) in [5, 5.41) is 0. The number of nitrogens with zero attached hydrogens (tertiary/aromatic N) is 1. The van der Waals surface area contributed by atoms with E-state index in [-0.39, 0.29) is 18.1 Å². The molecule has 4 atom stereocenters. The number of carbonyl (C=O) groups excluding carboxylic acids is 1. The van der Waals surface area contributed by atoms with Crippen molar-refractivity contribution in [2.45, 2.75) is 102 Å². The van der Waals surface area contributed by atoms with Gasteiger partial charge in [-0.05, 0) is 43.5 Å². The highest BCUT2D eigenvalue weighted by molar-refractivity contribution is 6.76. The van der Waals surface area contributed by atoms with Gasteiger partial charge >= 0.3 is 12.1 Å². The predicted molar refractivity (Wildman–Crippen MR) is 124 cm³/mol. The summed E-state index contributed by atoms with van der Waals surface area (Å²) in [7, 11) is -1.18. The summed E-state index contributed by atoms with van der Waals surface area (Å²) in [6, 6.07) is 7.16. The fraction of sp³-hybridized carbons (Fsp3) is 0.720. The highest BCUT2D eigenvalue weighted by Gasteiger charge is 2.46. The van der Waals surface area contributed by atoms with Gasteiger partial charge in [0.15, 0.2) is 0 Å². The molecule has 0 bridgehead atoms. The zero-order valence-electron chi connectivity index (χ0n) is 19.9. The number of hydrogen-bond acceptors (Lipinski definition) is 3. The van der Waals surface area contributed by atoms with Gasteiger partial charge < -0.3 is 4.74 Å². The second kappa shape index (κ2) is 10.3. The molecule has 0 radical (unpaired) electrons. The van der Waals surface area contributed by atoms with Crippen LogP contribution in [0.2, 0.25) is 25.7 Å². The Hall–Kier alpha value is -1.34. The van der Waals surface area contributed by atoms with Crippen LogP contribution in [-0.2, 0) is 15.7 Å². The molecule has 1 aromatic carbocycles. The number of ether oxygens (including phenoxy) is 1. The third kappa shape index (κ3) is 6.37. The number of hydrogen-bond donors (Lipinski definition) is 0. The van der Waals surface area contributed by atoms with Crippen molar-refractivity contribution in [1.82, 2.24) is 4.90 Å². The summed E-state index contributed by atoms with van der Waals surface area (Å²) in [5.41, 5.74) is 0.277. The van der Waals surface area contributed by atoms with Crippen LogP contribution in [0.1, 0.15) is 69.0 Å². The predicted octanol–water partition coefficient (Wildman–Crippen LogP) is 7.06. The van der Waals surface area contributed by atoms with Crippen LogP contribution in [0.25, 0.3) is 0 Å². The molecule has 0 spiro atoms. The Balaban J connectivity index is 1.89. The zero-order chi connectivity index (χ0) is 23.5. The van der Waals surface area contributed by atoms with Crippen LogP contribution in [0.5, 0.6) is 0 Å². The van der Waals surface area contributed by atoms with E-state index in [1.807, 2.05) is 0 Å². The monoisotopic (exact) mass is 469 g/mol. The quantitative estimate of drug-likeness (QED) is 0.316. The van der Waals surface area contributed by atoms with E-state index >= 15 is 0 Å². The van der Waals surface area contributed by atoms with Crippen molar-refractivity contribution in [3.05, 3.63) is 35.4 Å². The minimum atomic E-state index is -4.34. The van der Waals surface area contributed by atoms with E-state index in [0.29, 0.717) is 24.8 Å². The maximum atomic E-state index is 13.1. The molecule has 32 heavy (non-hydrogen) atoms. The van der Waals surface area contributed by atoms with Gasteiger partial charge in [0, 0.05) is 38.9 Å². The van der Waals surface area contributed by atoms with Gasteiger partial charge in [-0.1, -0.05) is 57.6 Å². The Bertz CT molecular complexity index is 760. The molecular weight excluding hydrogens is 431 g/mol. The summed E-state index contributed by atoms with van der Waals surface area (Å²) in [4.78, 5) is 14.7. The molecule has 1 aliphatic carbocycles. The minimum absolute atomic E-state index is 0.0204. The normalized spacial score (nSPS) is 27.1. The molecule has 1 saturated carbocycles. The Morgan fingerprint density at radius 2 is 1.78 bits per heavy atom. The molecule has 3 nitrogen and oxygen atoms in total. The first-order chi connectivity index (χ1) is 15.0. The minimum Gasteiger partial charge on any atom is -0.462 e. The molecule has 180 valence electrons. The lowest BCUT2D eigenvalue weighted by molar-refractivity contribution is -0.162. The first-order valence-corrected chi connectivity index (χ1v) is 15.8. The van der Waals surface area contributed by atoms with Crippen LogP contribution >= 0.6 is 0 Å². The molecule has 2 aliphatic rings. The molecule has 1 aromatic rings. The topological polar surface area (TPSA) is 29.5 Å². The van der Waals surface area contributed by atoms with Gasteiger partial charge in [-0.25, -0.2) is 0 Å². The zero-order valence-corrected chi connectivity index (χ0v) is 20.9. The largest absolute Gasteiger partial charge is 0.462 e. The SMILES string of the molecule is CCC(=O)OC1CC(c2ccc(C(F)(F)F)cc2)N(CCC[Si](C)(C)C)C2CCCCC12. The van der Waals surface area contributed by atoms with Gasteiger partial charge in [-0.3, -0.25) is 9.69 Å². The van der Waals surface area contributed by atoms with Crippen LogP contribution < -0.4 is 0 Å². The number of carbonyl (C=O) groups is 1. The van der Waals surface area contributed by atoms with Crippen molar-refractivity contribution in [3.8, 4) is 0 Å². The molecular formula is C25H38F3NO2Si. The highest BCUT2D eigenvalue weighted by atomic mass is 28.3. The molecule has 1 heterocycles. The first kappa shape index (κ1) is 25.3. The number of benzene rings is 1. The Kier molecular flexibility index (Phi) is 8.13. The average Bonchev–Trinajstić information content (AvgIpc) is 2.73. The van der Waals surface area contributed by atoms with Crippen LogP contribution in [0.3, 0.4) is 0 Å². The van der Waals surface area contributed by atoms with Crippen molar-refractivity contribution >= 4 is 14.0 Å². The second-order valence-corrected chi connectivity index (χ2v) is 16.3. The molecule has 0 N–H and O–H groups in total. The molecule has 0 aromatic heterocycles. The summed E-state index contributed by atoms with van der Waals surface area (Å²) in [6.45, 7) is 9.88. The van der Waals surface area contributed by atoms with Gasteiger partial charge in [0.2, 0.25) is 0 Å². The lowest BCUT2D eigenvalue weighted by Gasteiger charge is -2.52. The van der Waals surface area contributed by atoms with Crippen molar-refractivity contribution in [3.63, 3.8) is 0 Å². The van der Waals surface area contributed by atoms with E-state index < -0.39 is 19.8 Å². The summed E-state index contributed by atoms with van der Waals surface area (Å²) >= 11 is 0. The van der Waals surface area contributed by atoms with Crippen LogP contribution in [0.4, 0.5) is 13.2 Å². The van der Waals surface area contributed by atoms with Crippen molar-refractivity contribution in [2.75, 3.05) is 6.54 Å². The Morgan fingerprint density at radius 3 is 2.38 bits per heavy atom. The smallest absolute Gasteiger partial charge is 0.416 e. The van der Waals surface area contributed by atoms with Gasteiger partial charge in [-0.15, -0.1) is 0 Å². The third-order valence-electron chi connectivity index (χ3n) is 7.08. The number of fused-ring (bicyclic) bond motifs is 1. The number of esters is 1.